The van der Waals surface area contributed by atoms with Crippen LogP contribution in [0.2, 0.25) is 0 Å². The smallest absolute Gasteiger partial charge is 0.371 e. The molecular formula is C27H27F3N2O6S. The van der Waals surface area contributed by atoms with Crippen LogP contribution in [0.15, 0.2) is 41.5 Å². The third kappa shape index (κ3) is 7.43. The highest BCUT2D eigenvalue weighted by molar-refractivity contribution is 7.14. The minimum absolute atomic E-state index is 0.0329. The number of aliphatic carboxylic acids is 1. The molecule has 12 heteroatoms. The fraction of sp³-hybridized carbons (Fsp3) is 0.296. The van der Waals surface area contributed by atoms with Crippen molar-refractivity contribution < 1.29 is 42.1 Å². The van der Waals surface area contributed by atoms with E-state index in [9.17, 15) is 18.4 Å². The summed E-state index contributed by atoms with van der Waals surface area (Å²) in [6.07, 6.45) is 0.610. The van der Waals surface area contributed by atoms with Crippen molar-refractivity contribution in [3.05, 3.63) is 75.6 Å². The van der Waals surface area contributed by atoms with Crippen molar-refractivity contribution in [2.75, 3.05) is 26.1 Å². The van der Waals surface area contributed by atoms with E-state index in [-0.39, 0.29) is 28.1 Å². The molecule has 0 radical (unpaired) electrons. The van der Waals surface area contributed by atoms with Crippen molar-refractivity contribution in [1.82, 2.24) is 4.98 Å². The van der Waals surface area contributed by atoms with Crippen molar-refractivity contribution in [3.63, 3.8) is 0 Å². The fourth-order valence-electron chi connectivity index (χ4n) is 3.62. The number of carboxylic acid groups (broad SMARTS) is 1. The van der Waals surface area contributed by atoms with E-state index in [0.29, 0.717) is 24.7 Å². The highest BCUT2D eigenvalue weighted by atomic mass is 32.1. The molecule has 0 saturated heterocycles. The molecule has 1 amide bonds. The second-order valence-electron chi connectivity index (χ2n) is 8.50. The third-order valence-electron chi connectivity index (χ3n) is 5.54. The number of methoxy groups -OCH3 is 2. The normalized spacial score (nSPS) is 12.5. The Balaban J connectivity index is 1.80. The summed E-state index contributed by atoms with van der Waals surface area (Å²) in [7, 11) is 2.53. The molecule has 0 aliphatic heterocycles. The largest absolute Gasteiger partial charge is 0.490 e. The first-order valence-corrected chi connectivity index (χ1v) is 12.6. The van der Waals surface area contributed by atoms with Crippen LogP contribution in [0.5, 0.6) is 0 Å². The highest BCUT2D eigenvalue weighted by Gasteiger charge is 2.21. The predicted molar refractivity (Wildman–Crippen MR) is 140 cm³/mol. The van der Waals surface area contributed by atoms with Crippen molar-refractivity contribution in [1.29, 1.82) is 0 Å². The second-order valence-corrected chi connectivity index (χ2v) is 9.36. The van der Waals surface area contributed by atoms with Crippen LogP contribution in [0.25, 0.3) is 17.3 Å². The van der Waals surface area contributed by atoms with Gasteiger partial charge in [-0.15, -0.1) is 11.3 Å². The van der Waals surface area contributed by atoms with E-state index in [4.69, 9.17) is 14.6 Å². The minimum atomic E-state index is -1.52. The Morgan fingerprint density at radius 3 is 2.44 bits per heavy atom. The van der Waals surface area contributed by atoms with Gasteiger partial charge in [0.15, 0.2) is 5.13 Å². The van der Waals surface area contributed by atoms with Gasteiger partial charge in [-0.25, -0.2) is 22.9 Å². The van der Waals surface area contributed by atoms with E-state index >= 15 is 4.39 Å². The number of ether oxygens (including phenoxy) is 3. The third-order valence-corrected chi connectivity index (χ3v) is 6.30. The summed E-state index contributed by atoms with van der Waals surface area (Å²) >= 11 is 1.000. The molecule has 0 fully saturated rings. The topological polar surface area (TPSA) is 107 Å². The summed E-state index contributed by atoms with van der Waals surface area (Å²) in [5.74, 6) is -5.92. The Morgan fingerprint density at radius 1 is 1.15 bits per heavy atom. The first-order chi connectivity index (χ1) is 18.5. The molecular weight excluding hydrogens is 537 g/mol. The average Bonchev–Trinajstić information content (AvgIpc) is 3.34. The number of hydrogen-bond donors (Lipinski definition) is 2. The Hall–Kier alpha value is -3.74. The number of benzene rings is 2. The van der Waals surface area contributed by atoms with E-state index in [1.165, 1.54) is 12.5 Å². The molecule has 8 nitrogen and oxygen atoms in total. The Kier molecular flexibility index (Phi) is 10.2. The van der Waals surface area contributed by atoms with E-state index in [1.807, 2.05) is 13.8 Å². The molecule has 3 rings (SSSR count). The zero-order valence-electron chi connectivity index (χ0n) is 21.6. The van der Waals surface area contributed by atoms with Gasteiger partial charge in [-0.2, -0.15) is 0 Å². The number of carbonyl (C=O) groups excluding carboxylic acids is 1. The molecule has 2 aromatic carbocycles. The van der Waals surface area contributed by atoms with Gasteiger partial charge in [0, 0.05) is 53.8 Å². The number of amides is 1. The summed E-state index contributed by atoms with van der Waals surface area (Å²) in [5.41, 5.74) is -0.269. The maximum atomic E-state index is 15.4. The molecule has 1 atom stereocenters. The summed E-state index contributed by atoms with van der Waals surface area (Å²) in [5, 5.41) is 13.0. The van der Waals surface area contributed by atoms with E-state index < -0.39 is 46.8 Å². The molecule has 39 heavy (non-hydrogen) atoms. The molecule has 2 N–H and O–H groups in total. The SMILES string of the molecule is CO/C(=C\c1c(F)cc(C(=O)Nc2nc(-c3cccc(C(CCOC(C)C)OC)c3F)cs2)cc1F)C(=O)O. The van der Waals surface area contributed by atoms with Gasteiger partial charge >= 0.3 is 5.97 Å². The van der Waals surface area contributed by atoms with Crippen molar-refractivity contribution in [2.24, 2.45) is 0 Å². The number of anilines is 1. The average molecular weight is 565 g/mol. The number of aromatic nitrogens is 1. The highest BCUT2D eigenvalue weighted by Crippen LogP contribution is 2.33. The maximum absolute atomic E-state index is 15.4. The van der Waals surface area contributed by atoms with Crippen LogP contribution in [-0.4, -0.2) is 48.9 Å². The number of nitrogens with zero attached hydrogens (tertiary/aromatic N) is 1. The molecule has 3 aromatic rings. The van der Waals surface area contributed by atoms with E-state index in [2.05, 4.69) is 15.0 Å². The van der Waals surface area contributed by atoms with Gasteiger partial charge in [-0.3, -0.25) is 10.1 Å². The summed E-state index contributed by atoms with van der Waals surface area (Å²) < 4.78 is 60.0. The molecule has 1 unspecified atom stereocenters. The number of hydrogen-bond acceptors (Lipinski definition) is 7. The number of nitrogens with one attached hydrogen (secondary N) is 1. The quantitative estimate of drug-likeness (QED) is 0.204. The van der Waals surface area contributed by atoms with Gasteiger partial charge < -0.3 is 19.3 Å². The molecule has 0 bridgehead atoms. The Labute approximate surface area is 227 Å². The summed E-state index contributed by atoms with van der Waals surface area (Å²) in [4.78, 5) is 27.9. The lowest BCUT2D eigenvalue weighted by Crippen LogP contribution is -2.13. The molecule has 0 aliphatic carbocycles. The van der Waals surface area contributed by atoms with Crippen LogP contribution in [-0.2, 0) is 19.0 Å². The zero-order valence-corrected chi connectivity index (χ0v) is 22.4. The summed E-state index contributed by atoms with van der Waals surface area (Å²) in [6.45, 7) is 4.19. The van der Waals surface area contributed by atoms with E-state index in [1.54, 1.807) is 18.2 Å². The molecule has 1 heterocycles. The zero-order chi connectivity index (χ0) is 28.7. The van der Waals surface area contributed by atoms with Crippen molar-refractivity contribution in [3.8, 4) is 11.3 Å². The van der Waals surface area contributed by atoms with Crippen LogP contribution in [0, 0.1) is 17.5 Å². The van der Waals surface area contributed by atoms with Gasteiger partial charge in [0.1, 0.15) is 17.5 Å². The second kappa shape index (κ2) is 13.4. The molecule has 1 aromatic heterocycles. The van der Waals surface area contributed by atoms with Gasteiger partial charge in [0.2, 0.25) is 5.76 Å². The maximum Gasteiger partial charge on any atom is 0.371 e. The van der Waals surface area contributed by atoms with Crippen LogP contribution < -0.4 is 5.32 Å². The first-order valence-electron chi connectivity index (χ1n) is 11.7. The monoisotopic (exact) mass is 564 g/mol. The van der Waals surface area contributed by atoms with Crippen LogP contribution in [0.1, 0.15) is 47.9 Å². The molecule has 0 aliphatic rings. The van der Waals surface area contributed by atoms with Crippen molar-refractivity contribution >= 4 is 34.4 Å². The number of carboxylic acids is 1. The van der Waals surface area contributed by atoms with E-state index in [0.717, 1.165) is 30.6 Å². The summed E-state index contributed by atoms with van der Waals surface area (Å²) in [6, 6.07) is 6.34. The van der Waals surface area contributed by atoms with Crippen LogP contribution >= 0.6 is 11.3 Å². The van der Waals surface area contributed by atoms with Crippen LogP contribution in [0.4, 0.5) is 18.3 Å². The lowest BCUT2D eigenvalue weighted by Gasteiger charge is -2.18. The number of rotatable bonds is 12. The standard InChI is InChI=1S/C27H27F3N2O6S/c1-14(2)38-9-8-22(36-3)17-7-5-6-16(24(17)30)21-13-39-27(31-21)32-25(33)15-10-19(28)18(20(29)11-15)12-23(37-4)26(34)35/h5-7,10-14,22H,8-9H2,1-4H3,(H,34,35)(H,31,32,33)/b23-12-. The molecule has 0 saturated carbocycles. The predicted octanol–water partition coefficient (Wildman–Crippen LogP) is 6.05. The number of thiazole rings is 1. The molecule has 0 spiro atoms. The van der Waals surface area contributed by atoms with Crippen LogP contribution in [0.3, 0.4) is 0 Å². The Morgan fingerprint density at radius 2 is 1.85 bits per heavy atom. The Bertz CT molecular complexity index is 1350. The van der Waals surface area contributed by atoms with Gasteiger partial charge in [0.05, 0.1) is 25.0 Å². The number of halogens is 3. The lowest BCUT2D eigenvalue weighted by molar-refractivity contribution is -0.135. The lowest BCUT2D eigenvalue weighted by atomic mass is 10.0. The van der Waals surface area contributed by atoms with Gasteiger partial charge in [-0.1, -0.05) is 12.1 Å². The molecule has 208 valence electrons. The minimum Gasteiger partial charge on any atom is -0.490 e. The fourth-order valence-corrected chi connectivity index (χ4v) is 4.33. The van der Waals surface area contributed by atoms with Crippen molar-refractivity contribution in [2.45, 2.75) is 32.5 Å². The first kappa shape index (κ1) is 29.8. The van der Waals surface area contributed by atoms with Gasteiger partial charge in [-0.05, 0) is 32.0 Å². The van der Waals surface area contributed by atoms with Gasteiger partial charge in [0.25, 0.3) is 5.91 Å². The number of carbonyl (C=O) groups is 2.